The minimum atomic E-state index is -1.21. The van der Waals surface area contributed by atoms with Crippen molar-refractivity contribution in [2.45, 2.75) is 19.0 Å². The first kappa shape index (κ1) is 11.4. The second-order valence-electron chi connectivity index (χ2n) is 3.51. The smallest absolute Gasteiger partial charge is 0.328 e. The Hall–Kier alpha value is -1.63. The molecule has 1 heterocycles. The van der Waals surface area contributed by atoms with Crippen LogP contribution in [0, 0.1) is 0 Å². The number of carboxylic acid groups (broad SMARTS) is 1. The second kappa shape index (κ2) is 3.85. The summed E-state index contributed by atoms with van der Waals surface area (Å²) in [7, 11) is 1.44. The van der Waals surface area contributed by atoms with E-state index in [1.54, 1.807) is 0 Å². The molecule has 0 saturated carbocycles. The Labute approximate surface area is 86.4 Å². The molecule has 3 amide bonds. The average Bonchev–Trinajstić information content (AvgIpc) is 2.42. The van der Waals surface area contributed by atoms with Gasteiger partial charge in [-0.05, 0) is 6.92 Å². The SMILES string of the molecule is C[C@H](N)C(=O)N1C(=O)N(C)CC1C(=O)O. The summed E-state index contributed by atoms with van der Waals surface area (Å²) in [6, 6.07) is -2.65. The van der Waals surface area contributed by atoms with E-state index in [0.29, 0.717) is 4.90 Å². The van der Waals surface area contributed by atoms with Gasteiger partial charge >= 0.3 is 12.0 Å². The molecule has 7 nitrogen and oxygen atoms in total. The molecule has 0 aromatic heterocycles. The van der Waals surface area contributed by atoms with Crippen LogP contribution in [0.2, 0.25) is 0 Å². The zero-order valence-corrected chi connectivity index (χ0v) is 8.51. The van der Waals surface area contributed by atoms with Gasteiger partial charge in [-0.2, -0.15) is 0 Å². The highest BCUT2D eigenvalue weighted by atomic mass is 16.4. The van der Waals surface area contributed by atoms with E-state index in [4.69, 9.17) is 10.8 Å². The fourth-order valence-corrected chi connectivity index (χ4v) is 1.39. The number of carbonyl (C=O) groups excluding carboxylic acids is 2. The van der Waals surface area contributed by atoms with Crippen molar-refractivity contribution >= 4 is 17.9 Å². The Bertz CT molecular complexity index is 315. The topological polar surface area (TPSA) is 104 Å². The van der Waals surface area contributed by atoms with Crippen LogP contribution in [0.1, 0.15) is 6.92 Å². The number of aliphatic carboxylic acids is 1. The Kier molecular flexibility index (Phi) is 2.94. The molecule has 0 aromatic rings. The average molecular weight is 215 g/mol. The van der Waals surface area contributed by atoms with Crippen molar-refractivity contribution in [1.29, 1.82) is 0 Å². The third-order valence-electron chi connectivity index (χ3n) is 2.20. The minimum Gasteiger partial charge on any atom is -0.480 e. The number of carbonyl (C=O) groups is 3. The summed E-state index contributed by atoms with van der Waals surface area (Å²) in [6.07, 6.45) is 0. The largest absolute Gasteiger partial charge is 0.480 e. The molecule has 1 aliphatic heterocycles. The maximum Gasteiger partial charge on any atom is 0.328 e. The number of nitrogens with two attached hydrogens (primary N) is 1. The van der Waals surface area contributed by atoms with Crippen LogP contribution >= 0.6 is 0 Å². The molecule has 1 unspecified atom stereocenters. The number of imide groups is 1. The number of urea groups is 1. The molecular formula is C8H13N3O4. The highest BCUT2D eigenvalue weighted by molar-refractivity contribution is 6.02. The van der Waals surface area contributed by atoms with Crippen LogP contribution in [0.25, 0.3) is 0 Å². The number of amides is 3. The highest BCUT2D eigenvalue weighted by Crippen LogP contribution is 2.15. The molecule has 84 valence electrons. The minimum absolute atomic E-state index is 0.00731. The van der Waals surface area contributed by atoms with Gasteiger partial charge in [0.1, 0.15) is 0 Å². The third-order valence-corrected chi connectivity index (χ3v) is 2.20. The summed E-state index contributed by atoms with van der Waals surface area (Å²) in [5, 5.41) is 8.84. The molecule has 1 aliphatic rings. The van der Waals surface area contributed by atoms with Crippen LogP contribution in [0.15, 0.2) is 0 Å². The normalized spacial score (nSPS) is 23.1. The molecule has 0 aliphatic carbocycles. The number of hydrogen-bond acceptors (Lipinski definition) is 4. The van der Waals surface area contributed by atoms with Gasteiger partial charge in [0.25, 0.3) is 0 Å². The maximum absolute atomic E-state index is 11.5. The van der Waals surface area contributed by atoms with Crippen LogP contribution in [-0.2, 0) is 9.59 Å². The van der Waals surface area contributed by atoms with Crippen molar-refractivity contribution in [2.24, 2.45) is 5.73 Å². The van der Waals surface area contributed by atoms with Gasteiger partial charge in [0.2, 0.25) is 5.91 Å². The first-order chi connectivity index (χ1) is 6.86. The number of nitrogens with zero attached hydrogens (tertiary/aromatic N) is 2. The molecule has 15 heavy (non-hydrogen) atoms. The van der Waals surface area contributed by atoms with Gasteiger partial charge in [0.05, 0.1) is 12.6 Å². The van der Waals surface area contributed by atoms with Gasteiger partial charge in [-0.15, -0.1) is 0 Å². The van der Waals surface area contributed by atoms with Crippen molar-refractivity contribution < 1.29 is 19.5 Å². The summed E-state index contributed by atoms with van der Waals surface area (Å²) in [5.74, 6) is -1.88. The molecule has 0 spiro atoms. The Morgan fingerprint density at radius 3 is 2.53 bits per heavy atom. The summed E-state index contributed by atoms with van der Waals surface area (Å²) in [4.78, 5) is 35.7. The van der Waals surface area contributed by atoms with E-state index in [0.717, 1.165) is 0 Å². The van der Waals surface area contributed by atoms with E-state index in [1.165, 1.54) is 18.9 Å². The molecule has 0 radical (unpaired) electrons. The van der Waals surface area contributed by atoms with Gasteiger partial charge in [-0.1, -0.05) is 0 Å². The van der Waals surface area contributed by atoms with Crippen molar-refractivity contribution in [2.75, 3.05) is 13.6 Å². The molecule has 3 N–H and O–H groups in total. The number of hydrogen-bond donors (Lipinski definition) is 2. The fraction of sp³-hybridized carbons (Fsp3) is 0.625. The lowest BCUT2D eigenvalue weighted by Gasteiger charge is -2.19. The van der Waals surface area contributed by atoms with E-state index >= 15 is 0 Å². The van der Waals surface area contributed by atoms with E-state index in [1.807, 2.05) is 0 Å². The lowest BCUT2D eigenvalue weighted by Crippen LogP contribution is -2.49. The summed E-state index contributed by atoms with van der Waals surface area (Å²) < 4.78 is 0. The lowest BCUT2D eigenvalue weighted by molar-refractivity contribution is -0.146. The molecule has 0 aromatic carbocycles. The summed E-state index contributed by atoms with van der Waals surface area (Å²) >= 11 is 0. The molecule has 2 atom stereocenters. The van der Waals surface area contributed by atoms with Gasteiger partial charge in [0.15, 0.2) is 6.04 Å². The van der Waals surface area contributed by atoms with Crippen LogP contribution in [0.5, 0.6) is 0 Å². The predicted molar refractivity (Wildman–Crippen MR) is 49.9 cm³/mol. The van der Waals surface area contributed by atoms with E-state index < -0.39 is 30.0 Å². The van der Waals surface area contributed by atoms with E-state index in [-0.39, 0.29) is 6.54 Å². The first-order valence-electron chi connectivity index (χ1n) is 4.42. The van der Waals surface area contributed by atoms with Crippen LogP contribution in [0.4, 0.5) is 4.79 Å². The Morgan fingerprint density at radius 2 is 2.13 bits per heavy atom. The number of likely N-dealkylation sites (N-methyl/N-ethyl adjacent to an activating group) is 1. The van der Waals surface area contributed by atoms with Gasteiger partial charge in [0, 0.05) is 7.05 Å². The molecule has 7 heteroatoms. The zero-order chi connectivity index (χ0) is 11.7. The van der Waals surface area contributed by atoms with Crippen molar-refractivity contribution in [1.82, 2.24) is 9.80 Å². The van der Waals surface area contributed by atoms with Crippen molar-refractivity contribution in [3.05, 3.63) is 0 Å². The quantitative estimate of drug-likeness (QED) is 0.594. The van der Waals surface area contributed by atoms with Crippen LogP contribution in [-0.4, -0.2) is 58.5 Å². The lowest BCUT2D eigenvalue weighted by atomic mass is 10.2. The fourth-order valence-electron chi connectivity index (χ4n) is 1.39. The predicted octanol–water partition coefficient (Wildman–Crippen LogP) is -1.32. The summed E-state index contributed by atoms with van der Waals surface area (Å²) in [6.45, 7) is 1.40. The number of carboxylic acids is 1. The molecular weight excluding hydrogens is 202 g/mol. The first-order valence-corrected chi connectivity index (χ1v) is 4.42. The van der Waals surface area contributed by atoms with Crippen LogP contribution in [0.3, 0.4) is 0 Å². The Morgan fingerprint density at radius 1 is 1.60 bits per heavy atom. The highest BCUT2D eigenvalue weighted by Gasteiger charge is 2.44. The van der Waals surface area contributed by atoms with E-state index in [9.17, 15) is 14.4 Å². The van der Waals surface area contributed by atoms with Gasteiger partial charge < -0.3 is 15.7 Å². The Balaban J connectivity index is 2.96. The van der Waals surface area contributed by atoms with E-state index in [2.05, 4.69) is 0 Å². The monoisotopic (exact) mass is 215 g/mol. The summed E-state index contributed by atoms with van der Waals surface area (Å²) in [5.41, 5.74) is 5.33. The third kappa shape index (κ3) is 1.91. The van der Waals surface area contributed by atoms with Gasteiger partial charge in [-0.3, -0.25) is 4.79 Å². The maximum atomic E-state index is 11.5. The molecule has 1 saturated heterocycles. The molecule has 1 fully saturated rings. The van der Waals surface area contributed by atoms with Gasteiger partial charge in [-0.25, -0.2) is 14.5 Å². The van der Waals surface area contributed by atoms with Crippen molar-refractivity contribution in [3.8, 4) is 0 Å². The van der Waals surface area contributed by atoms with Crippen molar-refractivity contribution in [3.63, 3.8) is 0 Å². The number of rotatable bonds is 2. The standard InChI is InChI=1S/C8H13N3O4/c1-4(9)6(12)11-5(7(13)14)3-10(2)8(11)15/h4-5H,3,9H2,1-2H3,(H,13,14)/t4-,5?/m0/s1. The van der Waals surface area contributed by atoms with Crippen LogP contribution < -0.4 is 5.73 Å². The zero-order valence-electron chi connectivity index (χ0n) is 8.51. The molecule has 0 bridgehead atoms. The second-order valence-corrected chi connectivity index (χ2v) is 3.51. The molecule has 1 rings (SSSR count).